The molecule has 0 spiro atoms. The number of rotatable bonds is 7. The first kappa shape index (κ1) is 18.7. The fourth-order valence-corrected chi connectivity index (χ4v) is 4.38. The smallest absolute Gasteiger partial charge is 0.226 e. The first-order valence-electron chi connectivity index (χ1n) is 9.66. The number of aryl methyl sites for hydroxylation is 1. The first-order chi connectivity index (χ1) is 13.6. The second-order valence-electron chi connectivity index (χ2n) is 7.37. The van der Waals surface area contributed by atoms with Crippen molar-refractivity contribution in [3.05, 3.63) is 54.1 Å². The minimum Gasteiger partial charge on any atom is -0.497 e. The number of carbonyl (C=O) groups is 1. The van der Waals surface area contributed by atoms with Gasteiger partial charge in [-0.25, -0.2) is 4.98 Å². The van der Waals surface area contributed by atoms with Gasteiger partial charge in [-0.1, -0.05) is 41.7 Å². The molecule has 1 atom stereocenters. The van der Waals surface area contributed by atoms with Crippen LogP contribution in [0.25, 0.3) is 10.2 Å². The summed E-state index contributed by atoms with van der Waals surface area (Å²) in [6.07, 6.45) is 1.93. The quantitative estimate of drug-likeness (QED) is 0.660. The van der Waals surface area contributed by atoms with Crippen LogP contribution in [0.1, 0.15) is 18.9 Å². The number of thiazole rings is 1. The van der Waals surface area contributed by atoms with E-state index < -0.39 is 0 Å². The molecule has 5 nitrogen and oxygen atoms in total. The molecule has 1 amide bonds. The lowest BCUT2D eigenvalue weighted by molar-refractivity contribution is -0.126. The Bertz CT molecular complexity index is 951. The van der Waals surface area contributed by atoms with Crippen LogP contribution in [0, 0.1) is 5.92 Å². The Hall–Kier alpha value is -2.60. The molecule has 1 aliphatic heterocycles. The summed E-state index contributed by atoms with van der Waals surface area (Å²) in [6, 6.07) is 16.5. The molecule has 4 rings (SSSR count). The molecule has 1 aromatic heterocycles. The number of carbonyl (C=O) groups excluding carboxylic acids is 1. The maximum absolute atomic E-state index is 12.5. The van der Waals surface area contributed by atoms with Crippen LogP contribution in [-0.2, 0) is 11.2 Å². The Morgan fingerprint density at radius 2 is 2.07 bits per heavy atom. The highest BCUT2D eigenvalue weighted by Crippen LogP contribution is 2.34. The Kier molecular flexibility index (Phi) is 5.48. The van der Waals surface area contributed by atoms with Crippen molar-refractivity contribution in [1.82, 2.24) is 10.3 Å². The van der Waals surface area contributed by atoms with Crippen molar-refractivity contribution >= 4 is 32.6 Å². The Morgan fingerprint density at radius 1 is 1.29 bits per heavy atom. The van der Waals surface area contributed by atoms with E-state index in [1.807, 2.05) is 24.3 Å². The third-order valence-electron chi connectivity index (χ3n) is 5.20. The molecular weight excluding hydrogens is 370 g/mol. The van der Waals surface area contributed by atoms with Crippen molar-refractivity contribution in [3.8, 4) is 5.75 Å². The molecule has 1 fully saturated rings. The van der Waals surface area contributed by atoms with Crippen LogP contribution in [0.4, 0.5) is 5.13 Å². The number of aromatic nitrogens is 1. The topological polar surface area (TPSA) is 54.5 Å². The van der Waals surface area contributed by atoms with Crippen LogP contribution >= 0.6 is 11.3 Å². The molecule has 2 heterocycles. The summed E-state index contributed by atoms with van der Waals surface area (Å²) in [6.45, 7) is 3.54. The lowest BCUT2D eigenvalue weighted by atomic mass is 9.99. The standard InChI is InChI=1S/C22H25N3O2S/c1-15(8-9-16-6-4-3-5-7-16)23-21(26)17-13-25(14-17)22-24-19-12-18(27-2)10-11-20(19)28-22/h3-7,10-12,15,17H,8-9,13-14H2,1-2H3,(H,23,26). The van der Waals surface area contributed by atoms with Gasteiger partial charge in [0, 0.05) is 25.2 Å². The van der Waals surface area contributed by atoms with Gasteiger partial charge in [0.25, 0.3) is 0 Å². The van der Waals surface area contributed by atoms with Gasteiger partial charge in [-0.3, -0.25) is 4.79 Å². The van der Waals surface area contributed by atoms with E-state index in [0.29, 0.717) is 0 Å². The van der Waals surface area contributed by atoms with E-state index >= 15 is 0 Å². The van der Waals surface area contributed by atoms with E-state index in [4.69, 9.17) is 9.72 Å². The number of hydrogen-bond donors (Lipinski definition) is 1. The van der Waals surface area contributed by atoms with Crippen LogP contribution in [0.3, 0.4) is 0 Å². The highest BCUT2D eigenvalue weighted by molar-refractivity contribution is 7.22. The lowest BCUT2D eigenvalue weighted by Gasteiger charge is -2.38. The van der Waals surface area contributed by atoms with Gasteiger partial charge in [-0.05, 0) is 37.5 Å². The van der Waals surface area contributed by atoms with Crippen molar-refractivity contribution in [2.45, 2.75) is 25.8 Å². The van der Waals surface area contributed by atoms with Gasteiger partial charge in [0.1, 0.15) is 5.75 Å². The summed E-state index contributed by atoms with van der Waals surface area (Å²) in [5.41, 5.74) is 2.26. The monoisotopic (exact) mass is 395 g/mol. The lowest BCUT2D eigenvalue weighted by Crippen LogP contribution is -2.55. The van der Waals surface area contributed by atoms with E-state index in [2.05, 4.69) is 41.4 Å². The summed E-state index contributed by atoms with van der Waals surface area (Å²) in [4.78, 5) is 19.4. The van der Waals surface area contributed by atoms with Crippen molar-refractivity contribution in [2.75, 3.05) is 25.1 Å². The zero-order valence-corrected chi connectivity index (χ0v) is 17.0. The molecule has 3 aromatic rings. The SMILES string of the molecule is COc1ccc2sc(N3CC(C(=O)NC(C)CCc4ccccc4)C3)nc2c1. The van der Waals surface area contributed by atoms with Gasteiger partial charge in [-0.15, -0.1) is 0 Å². The number of fused-ring (bicyclic) bond motifs is 1. The molecule has 2 aromatic carbocycles. The zero-order chi connectivity index (χ0) is 19.5. The largest absolute Gasteiger partial charge is 0.497 e. The van der Waals surface area contributed by atoms with Gasteiger partial charge in [0.05, 0.1) is 23.2 Å². The van der Waals surface area contributed by atoms with Gasteiger partial charge >= 0.3 is 0 Å². The van der Waals surface area contributed by atoms with Crippen LogP contribution < -0.4 is 15.0 Å². The Balaban J connectivity index is 1.27. The summed E-state index contributed by atoms with van der Waals surface area (Å²) < 4.78 is 6.40. The molecule has 0 bridgehead atoms. The Morgan fingerprint density at radius 3 is 2.82 bits per heavy atom. The molecule has 1 saturated heterocycles. The predicted octanol–water partition coefficient (Wildman–Crippen LogP) is 3.88. The molecule has 0 saturated carbocycles. The number of nitrogens with one attached hydrogen (secondary N) is 1. The highest BCUT2D eigenvalue weighted by Gasteiger charge is 2.34. The van der Waals surface area contributed by atoms with Crippen molar-refractivity contribution in [3.63, 3.8) is 0 Å². The molecule has 1 unspecified atom stereocenters. The van der Waals surface area contributed by atoms with Crippen molar-refractivity contribution < 1.29 is 9.53 Å². The highest BCUT2D eigenvalue weighted by atomic mass is 32.1. The number of anilines is 1. The van der Waals surface area contributed by atoms with Crippen LogP contribution in [0.15, 0.2) is 48.5 Å². The normalized spacial score (nSPS) is 15.3. The maximum Gasteiger partial charge on any atom is 0.226 e. The van der Waals surface area contributed by atoms with Crippen molar-refractivity contribution in [2.24, 2.45) is 5.92 Å². The summed E-state index contributed by atoms with van der Waals surface area (Å²) in [5.74, 6) is 1.01. The number of amides is 1. The Labute approximate surface area is 169 Å². The fraction of sp³-hybridized carbons (Fsp3) is 0.364. The average Bonchev–Trinajstić information content (AvgIpc) is 3.08. The molecule has 146 valence electrons. The van der Waals surface area contributed by atoms with E-state index in [-0.39, 0.29) is 17.9 Å². The van der Waals surface area contributed by atoms with E-state index in [1.165, 1.54) is 5.56 Å². The van der Waals surface area contributed by atoms with Gasteiger partial charge in [0.15, 0.2) is 5.13 Å². The number of methoxy groups -OCH3 is 1. The fourth-order valence-electron chi connectivity index (χ4n) is 3.42. The molecule has 1 N–H and O–H groups in total. The first-order valence-corrected chi connectivity index (χ1v) is 10.5. The maximum atomic E-state index is 12.5. The second kappa shape index (κ2) is 8.19. The average molecular weight is 396 g/mol. The number of nitrogens with zero attached hydrogens (tertiary/aromatic N) is 2. The molecule has 6 heteroatoms. The number of benzene rings is 2. The molecule has 0 aliphatic carbocycles. The third-order valence-corrected chi connectivity index (χ3v) is 6.30. The third kappa shape index (κ3) is 4.12. The molecular formula is C22H25N3O2S. The summed E-state index contributed by atoms with van der Waals surface area (Å²) in [7, 11) is 1.66. The van der Waals surface area contributed by atoms with Crippen molar-refractivity contribution in [1.29, 1.82) is 0 Å². The van der Waals surface area contributed by atoms with Crippen LogP contribution in [-0.4, -0.2) is 37.1 Å². The van der Waals surface area contributed by atoms with Crippen LogP contribution in [0.2, 0.25) is 0 Å². The predicted molar refractivity (Wildman–Crippen MR) is 114 cm³/mol. The van der Waals surface area contributed by atoms with Gasteiger partial charge < -0.3 is 15.0 Å². The second-order valence-corrected chi connectivity index (χ2v) is 8.38. The minimum atomic E-state index is 0.0423. The molecule has 0 radical (unpaired) electrons. The minimum absolute atomic E-state index is 0.0423. The van der Waals surface area contributed by atoms with Crippen LogP contribution in [0.5, 0.6) is 5.75 Å². The van der Waals surface area contributed by atoms with Gasteiger partial charge in [0.2, 0.25) is 5.91 Å². The molecule has 1 aliphatic rings. The summed E-state index contributed by atoms with van der Waals surface area (Å²) in [5, 5.41) is 4.14. The summed E-state index contributed by atoms with van der Waals surface area (Å²) >= 11 is 1.66. The zero-order valence-electron chi connectivity index (χ0n) is 16.2. The van der Waals surface area contributed by atoms with E-state index in [1.54, 1.807) is 18.4 Å². The molecule has 28 heavy (non-hydrogen) atoms. The van der Waals surface area contributed by atoms with E-state index in [9.17, 15) is 4.79 Å². The van der Waals surface area contributed by atoms with E-state index in [0.717, 1.165) is 47.0 Å². The van der Waals surface area contributed by atoms with Gasteiger partial charge in [-0.2, -0.15) is 0 Å². The number of ether oxygens (including phenoxy) is 1. The number of hydrogen-bond acceptors (Lipinski definition) is 5.